The third kappa shape index (κ3) is 3.16. The number of hydrogen-bond donors (Lipinski definition) is 2. The molecule has 6 heteroatoms. The number of benzene rings is 2. The van der Waals surface area contributed by atoms with Gasteiger partial charge in [-0.25, -0.2) is 9.18 Å². The topological polar surface area (TPSA) is 58.6 Å². The lowest BCUT2D eigenvalue weighted by Crippen LogP contribution is -2.34. The van der Waals surface area contributed by atoms with Crippen LogP contribution in [0.25, 0.3) is 11.1 Å². The number of nitrogens with one attached hydrogen (secondary N) is 1. The van der Waals surface area contributed by atoms with Crippen LogP contribution in [-0.2, 0) is 6.42 Å². The molecule has 0 unspecified atom stereocenters. The number of hydrogen-bond acceptors (Lipinski definition) is 2. The zero-order valence-corrected chi connectivity index (χ0v) is 14.9. The lowest BCUT2D eigenvalue weighted by Gasteiger charge is -2.27. The maximum Gasteiger partial charge on any atom is 0.405 e. The fraction of sp³-hybridized carbons (Fsp3) is 0.316. The Morgan fingerprint density at radius 2 is 2.04 bits per heavy atom. The number of amides is 1. The van der Waals surface area contributed by atoms with Crippen LogP contribution < -0.4 is 10.1 Å². The van der Waals surface area contributed by atoms with E-state index in [4.69, 9.17) is 21.4 Å². The van der Waals surface area contributed by atoms with Crippen LogP contribution in [0.3, 0.4) is 0 Å². The summed E-state index contributed by atoms with van der Waals surface area (Å²) < 4.78 is 19.9. The smallest absolute Gasteiger partial charge is 0.405 e. The van der Waals surface area contributed by atoms with E-state index < -0.39 is 18.0 Å². The van der Waals surface area contributed by atoms with E-state index in [-0.39, 0.29) is 5.41 Å². The lowest BCUT2D eigenvalue weighted by atomic mass is 9.85. The largest absolute Gasteiger partial charge is 0.497 e. The molecule has 0 heterocycles. The number of methoxy groups -OCH3 is 1. The highest BCUT2D eigenvalue weighted by molar-refractivity contribution is 6.33. The van der Waals surface area contributed by atoms with Crippen LogP contribution in [-0.4, -0.2) is 18.3 Å². The molecule has 1 aliphatic rings. The van der Waals surface area contributed by atoms with Crippen LogP contribution in [0, 0.1) is 11.2 Å². The van der Waals surface area contributed by atoms with Crippen molar-refractivity contribution in [2.45, 2.75) is 26.3 Å². The second-order valence-electron chi connectivity index (χ2n) is 6.92. The fourth-order valence-electron chi connectivity index (χ4n) is 3.51. The molecule has 1 amide bonds. The van der Waals surface area contributed by atoms with Crippen molar-refractivity contribution < 1.29 is 19.0 Å². The maximum atomic E-state index is 14.8. The fourth-order valence-corrected chi connectivity index (χ4v) is 3.79. The van der Waals surface area contributed by atoms with Gasteiger partial charge < -0.3 is 15.2 Å². The summed E-state index contributed by atoms with van der Waals surface area (Å²) in [5, 5.41) is 12.0. The molecule has 0 spiro atoms. The minimum Gasteiger partial charge on any atom is -0.497 e. The summed E-state index contributed by atoms with van der Waals surface area (Å²) in [5.74, 6) is 0.169. The van der Waals surface area contributed by atoms with Gasteiger partial charge in [-0.2, -0.15) is 0 Å². The van der Waals surface area contributed by atoms with E-state index in [0.29, 0.717) is 33.9 Å². The van der Waals surface area contributed by atoms with Gasteiger partial charge in [-0.3, -0.25) is 0 Å². The molecule has 2 N–H and O–H groups in total. The minimum absolute atomic E-state index is 0.338. The Kier molecular flexibility index (Phi) is 4.37. The van der Waals surface area contributed by atoms with Gasteiger partial charge >= 0.3 is 6.09 Å². The van der Waals surface area contributed by atoms with Gasteiger partial charge in [0.15, 0.2) is 0 Å². The first-order valence-corrected chi connectivity index (χ1v) is 8.26. The van der Waals surface area contributed by atoms with Crippen molar-refractivity contribution in [1.82, 2.24) is 5.32 Å². The summed E-state index contributed by atoms with van der Waals surface area (Å²) in [6.07, 6.45) is -0.470. The third-order valence-electron chi connectivity index (χ3n) is 4.70. The summed E-state index contributed by atoms with van der Waals surface area (Å²) in [6, 6.07) is 7.83. The van der Waals surface area contributed by atoms with Crippen molar-refractivity contribution in [1.29, 1.82) is 0 Å². The van der Waals surface area contributed by atoms with E-state index in [1.54, 1.807) is 31.4 Å². The number of ether oxygens (including phenoxy) is 1. The highest BCUT2D eigenvalue weighted by Crippen LogP contribution is 2.47. The molecule has 4 nitrogen and oxygen atoms in total. The molecule has 0 radical (unpaired) electrons. The van der Waals surface area contributed by atoms with Gasteiger partial charge in [0.25, 0.3) is 0 Å². The van der Waals surface area contributed by atoms with Crippen molar-refractivity contribution in [3.63, 3.8) is 0 Å². The summed E-state index contributed by atoms with van der Waals surface area (Å²) in [7, 11) is 1.54. The molecule has 1 atom stereocenters. The van der Waals surface area contributed by atoms with E-state index >= 15 is 0 Å². The van der Waals surface area contributed by atoms with Gasteiger partial charge in [0, 0.05) is 11.1 Å². The summed E-state index contributed by atoms with van der Waals surface area (Å²) in [5.41, 5.74) is 2.24. The Morgan fingerprint density at radius 1 is 1.32 bits per heavy atom. The van der Waals surface area contributed by atoms with Crippen LogP contribution >= 0.6 is 11.6 Å². The molecular formula is C19H19ClFNO3. The standard InChI is InChI=1S/C19H19ClFNO3/c1-19(2)9-10-6-14(12-5-4-11(25-3)7-15(12)20)16(21)8-13(10)17(19)22-18(23)24/h4-8,17,22H,9H2,1-3H3,(H,23,24)/t17-/m0/s1. The molecule has 0 bridgehead atoms. The normalized spacial score (nSPS) is 17.9. The molecule has 0 saturated heterocycles. The second kappa shape index (κ2) is 6.23. The first-order valence-electron chi connectivity index (χ1n) is 7.88. The van der Waals surface area contributed by atoms with Crippen LogP contribution in [0.2, 0.25) is 5.02 Å². The molecule has 1 aliphatic carbocycles. The first kappa shape index (κ1) is 17.5. The molecule has 25 heavy (non-hydrogen) atoms. The Balaban J connectivity index is 2.08. The van der Waals surface area contributed by atoms with Gasteiger partial charge in [-0.05, 0) is 53.3 Å². The van der Waals surface area contributed by atoms with Crippen molar-refractivity contribution in [3.05, 3.63) is 52.3 Å². The average molecular weight is 364 g/mol. The van der Waals surface area contributed by atoms with Gasteiger partial charge in [0.05, 0.1) is 18.2 Å². The van der Waals surface area contributed by atoms with Gasteiger partial charge in [-0.15, -0.1) is 0 Å². The Labute approximate surface area is 150 Å². The number of rotatable bonds is 3. The Morgan fingerprint density at radius 3 is 2.64 bits per heavy atom. The van der Waals surface area contributed by atoms with E-state index in [1.165, 1.54) is 6.07 Å². The number of halogens is 2. The first-order chi connectivity index (χ1) is 11.7. The molecule has 0 aromatic heterocycles. The highest BCUT2D eigenvalue weighted by Gasteiger charge is 2.40. The van der Waals surface area contributed by atoms with E-state index in [1.807, 2.05) is 13.8 Å². The molecule has 2 aromatic rings. The molecule has 132 valence electrons. The summed E-state index contributed by atoms with van der Waals surface area (Å²) >= 11 is 6.28. The van der Waals surface area contributed by atoms with Crippen LogP contribution in [0.4, 0.5) is 9.18 Å². The zero-order valence-electron chi connectivity index (χ0n) is 14.2. The second-order valence-corrected chi connectivity index (χ2v) is 7.33. The lowest BCUT2D eigenvalue weighted by molar-refractivity contribution is 0.175. The van der Waals surface area contributed by atoms with Gasteiger partial charge in [0.1, 0.15) is 11.6 Å². The zero-order chi connectivity index (χ0) is 18.4. The molecule has 2 aromatic carbocycles. The highest BCUT2D eigenvalue weighted by atomic mass is 35.5. The predicted octanol–water partition coefficient (Wildman–Crippen LogP) is 5.05. The van der Waals surface area contributed by atoms with E-state index in [0.717, 1.165) is 5.56 Å². The molecule has 0 aliphatic heterocycles. The van der Waals surface area contributed by atoms with E-state index in [2.05, 4.69) is 5.32 Å². The number of carbonyl (C=O) groups is 1. The molecule has 0 fully saturated rings. The third-order valence-corrected chi connectivity index (χ3v) is 5.01. The van der Waals surface area contributed by atoms with Crippen LogP contribution in [0.5, 0.6) is 5.75 Å². The molecule has 0 saturated carbocycles. The average Bonchev–Trinajstić information content (AvgIpc) is 2.76. The Hall–Kier alpha value is -2.27. The van der Waals surface area contributed by atoms with E-state index in [9.17, 15) is 9.18 Å². The predicted molar refractivity (Wildman–Crippen MR) is 94.8 cm³/mol. The quantitative estimate of drug-likeness (QED) is 0.802. The van der Waals surface area contributed by atoms with Crippen molar-refractivity contribution in [3.8, 4) is 16.9 Å². The van der Waals surface area contributed by atoms with Crippen molar-refractivity contribution >= 4 is 17.7 Å². The van der Waals surface area contributed by atoms with Crippen LogP contribution in [0.1, 0.15) is 31.0 Å². The van der Waals surface area contributed by atoms with Crippen molar-refractivity contribution in [2.24, 2.45) is 5.41 Å². The minimum atomic E-state index is -1.12. The SMILES string of the molecule is COc1ccc(-c2cc3c(cc2F)[C@H](NC(=O)O)C(C)(C)C3)c(Cl)c1. The molecular weight excluding hydrogens is 345 g/mol. The molecule has 3 rings (SSSR count). The van der Waals surface area contributed by atoms with Gasteiger partial charge in [-0.1, -0.05) is 25.4 Å². The van der Waals surface area contributed by atoms with Crippen LogP contribution in [0.15, 0.2) is 30.3 Å². The monoisotopic (exact) mass is 363 g/mol. The number of carboxylic acid groups (broad SMARTS) is 1. The van der Waals surface area contributed by atoms with Crippen molar-refractivity contribution in [2.75, 3.05) is 7.11 Å². The summed E-state index contributed by atoms with van der Waals surface area (Å²) in [4.78, 5) is 11.1. The summed E-state index contributed by atoms with van der Waals surface area (Å²) in [6.45, 7) is 3.93. The maximum absolute atomic E-state index is 14.8. The number of fused-ring (bicyclic) bond motifs is 1. The Bertz CT molecular complexity index is 851. The van der Waals surface area contributed by atoms with Gasteiger partial charge in [0.2, 0.25) is 0 Å².